The average Bonchev–Trinajstić information content (AvgIpc) is 2.41. The van der Waals surface area contributed by atoms with Crippen molar-refractivity contribution in [2.75, 3.05) is 0 Å². The van der Waals surface area contributed by atoms with E-state index in [9.17, 15) is 0 Å². The lowest BCUT2D eigenvalue weighted by molar-refractivity contribution is 1.46. The zero-order chi connectivity index (χ0) is 13.0. The number of rotatable bonds is 3. The summed E-state index contributed by atoms with van der Waals surface area (Å²) in [5, 5.41) is 1.53. The summed E-state index contributed by atoms with van der Waals surface area (Å²) in [6.07, 6.45) is 0. The highest BCUT2D eigenvalue weighted by molar-refractivity contribution is 8.03. The summed E-state index contributed by atoms with van der Waals surface area (Å²) in [5.41, 5.74) is 1.04. The largest absolute Gasteiger partial charge is 0.0933 e. The van der Waals surface area contributed by atoms with Gasteiger partial charge < -0.3 is 0 Å². The molecule has 0 atom stereocenters. The minimum absolute atomic E-state index is 0.745. The molecule has 0 aliphatic rings. The van der Waals surface area contributed by atoms with Crippen molar-refractivity contribution in [1.29, 1.82) is 0 Å². The van der Waals surface area contributed by atoms with Crippen LogP contribution in [0.1, 0.15) is 12.5 Å². The van der Waals surface area contributed by atoms with Crippen LogP contribution >= 0.6 is 35.0 Å². The van der Waals surface area contributed by atoms with Crippen molar-refractivity contribution in [3.8, 4) is 0 Å². The first kappa shape index (κ1) is 13.5. The molecule has 0 nitrogen and oxygen atoms in total. The third kappa shape index (κ3) is 3.55. The number of hydrogen-bond donors (Lipinski definition) is 0. The van der Waals surface area contributed by atoms with Crippen LogP contribution in [0.2, 0.25) is 5.02 Å². The Balaban J connectivity index is 2.20. The molecular formula is C15H12Cl2S. The Morgan fingerprint density at radius 3 is 2.17 bits per heavy atom. The van der Waals surface area contributed by atoms with Gasteiger partial charge in [-0.2, -0.15) is 0 Å². The summed E-state index contributed by atoms with van der Waals surface area (Å²) in [6.45, 7) is 2.02. The molecule has 0 N–H and O–H groups in total. The first-order valence-corrected chi connectivity index (χ1v) is 7.09. The summed E-state index contributed by atoms with van der Waals surface area (Å²) in [7, 11) is 0. The molecule has 92 valence electrons. The van der Waals surface area contributed by atoms with E-state index < -0.39 is 0 Å². The Hall–Kier alpha value is -0.890. The lowest BCUT2D eigenvalue weighted by Gasteiger charge is -2.06. The number of halogens is 2. The summed E-state index contributed by atoms with van der Waals surface area (Å²) in [5.74, 6) is 0. The SMILES string of the molecule is C/C(Sc1ccc(Cl)cc1)=C(\Cl)c1ccccc1. The molecule has 2 aromatic rings. The van der Waals surface area contributed by atoms with Gasteiger partial charge in [-0.25, -0.2) is 0 Å². The zero-order valence-corrected chi connectivity index (χ0v) is 12.2. The van der Waals surface area contributed by atoms with E-state index in [1.165, 1.54) is 0 Å². The van der Waals surface area contributed by atoms with Gasteiger partial charge in [0.1, 0.15) is 0 Å². The normalized spacial score (nSPS) is 12.2. The number of allylic oxidation sites excluding steroid dienone is 1. The summed E-state index contributed by atoms with van der Waals surface area (Å²) in [6, 6.07) is 17.7. The fourth-order valence-corrected chi connectivity index (χ4v) is 2.71. The maximum Gasteiger partial charge on any atom is 0.0574 e. The van der Waals surface area contributed by atoms with Gasteiger partial charge in [0.2, 0.25) is 0 Å². The smallest absolute Gasteiger partial charge is 0.0574 e. The molecule has 0 amide bonds. The minimum atomic E-state index is 0.745. The van der Waals surface area contributed by atoms with E-state index in [1.54, 1.807) is 11.8 Å². The molecule has 2 rings (SSSR count). The number of benzene rings is 2. The molecule has 0 bridgehead atoms. The van der Waals surface area contributed by atoms with Crippen LogP contribution in [0.15, 0.2) is 64.4 Å². The van der Waals surface area contributed by atoms with Crippen molar-refractivity contribution in [2.24, 2.45) is 0 Å². The molecule has 18 heavy (non-hydrogen) atoms. The van der Waals surface area contributed by atoms with Crippen LogP contribution in [-0.2, 0) is 0 Å². The summed E-state index contributed by atoms with van der Waals surface area (Å²) in [4.78, 5) is 2.20. The van der Waals surface area contributed by atoms with E-state index in [2.05, 4.69) is 0 Å². The predicted octanol–water partition coefficient (Wildman–Crippen LogP) is 6.06. The summed E-state index contributed by atoms with van der Waals surface area (Å²) >= 11 is 13.9. The van der Waals surface area contributed by atoms with Crippen LogP contribution in [0, 0.1) is 0 Å². The van der Waals surface area contributed by atoms with Crippen LogP contribution in [0.4, 0.5) is 0 Å². The van der Waals surface area contributed by atoms with E-state index in [4.69, 9.17) is 23.2 Å². The van der Waals surface area contributed by atoms with E-state index >= 15 is 0 Å². The van der Waals surface area contributed by atoms with Gasteiger partial charge in [0.15, 0.2) is 0 Å². The maximum absolute atomic E-state index is 6.37. The molecule has 0 spiro atoms. The van der Waals surface area contributed by atoms with Crippen LogP contribution in [-0.4, -0.2) is 0 Å². The van der Waals surface area contributed by atoms with E-state index in [1.807, 2.05) is 61.5 Å². The second kappa shape index (κ2) is 6.33. The Bertz CT molecular complexity index is 544. The topological polar surface area (TPSA) is 0 Å². The number of hydrogen-bond acceptors (Lipinski definition) is 1. The lowest BCUT2D eigenvalue weighted by Crippen LogP contribution is -1.80. The Labute approximate surface area is 122 Å². The van der Waals surface area contributed by atoms with Crippen molar-refractivity contribution in [3.05, 3.63) is 70.1 Å². The van der Waals surface area contributed by atoms with Crippen molar-refractivity contribution in [2.45, 2.75) is 11.8 Å². The monoisotopic (exact) mass is 294 g/mol. The van der Waals surface area contributed by atoms with Gasteiger partial charge in [0.25, 0.3) is 0 Å². The third-order valence-electron chi connectivity index (χ3n) is 2.42. The molecule has 0 unspecified atom stereocenters. The maximum atomic E-state index is 6.37. The predicted molar refractivity (Wildman–Crippen MR) is 82.2 cm³/mol. The van der Waals surface area contributed by atoms with E-state index in [0.717, 1.165) is 25.4 Å². The van der Waals surface area contributed by atoms with Crippen molar-refractivity contribution < 1.29 is 0 Å². The molecule has 0 heterocycles. The molecule has 0 fully saturated rings. The fraction of sp³-hybridized carbons (Fsp3) is 0.0667. The standard InChI is InChI=1S/C15H12Cl2S/c1-11(15(17)12-5-3-2-4-6-12)18-14-9-7-13(16)8-10-14/h2-10H,1H3/b15-11+. The highest BCUT2D eigenvalue weighted by atomic mass is 35.5. The van der Waals surface area contributed by atoms with Gasteiger partial charge in [-0.1, -0.05) is 65.3 Å². The lowest BCUT2D eigenvalue weighted by atomic mass is 10.2. The fourth-order valence-electron chi connectivity index (χ4n) is 1.51. The summed E-state index contributed by atoms with van der Waals surface area (Å²) < 4.78 is 0. The zero-order valence-electron chi connectivity index (χ0n) is 9.86. The highest BCUT2D eigenvalue weighted by Crippen LogP contribution is 2.34. The minimum Gasteiger partial charge on any atom is -0.0933 e. The van der Waals surface area contributed by atoms with Crippen LogP contribution in [0.3, 0.4) is 0 Å². The molecular weight excluding hydrogens is 283 g/mol. The molecule has 0 aromatic heterocycles. The van der Waals surface area contributed by atoms with E-state index in [0.29, 0.717) is 0 Å². The molecule has 3 heteroatoms. The molecule has 0 saturated heterocycles. The average molecular weight is 295 g/mol. The first-order valence-electron chi connectivity index (χ1n) is 5.52. The highest BCUT2D eigenvalue weighted by Gasteiger charge is 2.04. The van der Waals surface area contributed by atoms with Gasteiger partial charge in [0, 0.05) is 14.8 Å². The molecule has 0 aliphatic heterocycles. The molecule has 0 radical (unpaired) electrons. The second-order valence-electron chi connectivity index (χ2n) is 3.79. The van der Waals surface area contributed by atoms with Gasteiger partial charge in [0.05, 0.1) is 5.03 Å². The van der Waals surface area contributed by atoms with Crippen LogP contribution < -0.4 is 0 Å². The number of thioether (sulfide) groups is 1. The Kier molecular flexibility index (Phi) is 4.76. The quantitative estimate of drug-likeness (QED) is 0.620. The molecule has 0 aliphatic carbocycles. The Morgan fingerprint density at radius 1 is 0.944 bits per heavy atom. The van der Waals surface area contributed by atoms with Crippen molar-refractivity contribution in [1.82, 2.24) is 0 Å². The molecule has 2 aromatic carbocycles. The second-order valence-corrected chi connectivity index (χ2v) is 5.89. The van der Waals surface area contributed by atoms with Gasteiger partial charge in [-0.15, -0.1) is 0 Å². The third-order valence-corrected chi connectivity index (χ3v) is 4.30. The van der Waals surface area contributed by atoms with Crippen molar-refractivity contribution in [3.63, 3.8) is 0 Å². The van der Waals surface area contributed by atoms with E-state index in [-0.39, 0.29) is 0 Å². The van der Waals surface area contributed by atoms with Crippen molar-refractivity contribution >= 4 is 40.0 Å². The van der Waals surface area contributed by atoms with Crippen LogP contribution in [0.5, 0.6) is 0 Å². The first-order chi connectivity index (χ1) is 8.66. The van der Waals surface area contributed by atoms with Crippen LogP contribution in [0.25, 0.3) is 5.03 Å². The Morgan fingerprint density at radius 2 is 1.56 bits per heavy atom. The van der Waals surface area contributed by atoms with Gasteiger partial charge >= 0.3 is 0 Å². The van der Waals surface area contributed by atoms with Gasteiger partial charge in [-0.05, 0) is 36.8 Å². The molecule has 0 saturated carbocycles. The van der Waals surface area contributed by atoms with Gasteiger partial charge in [-0.3, -0.25) is 0 Å².